The maximum absolute atomic E-state index is 9.36. The average Bonchev–Trinajstić information content (AvgIpc) is 2.72. The summed E-state index contributed by atoms with van der Waals surface area (Å²) in [7, 11) is 1.74. The van der Waals surface area contributed by atoms with Crippen LogP contribution in [0, 0.1) is 13.8 Å². The Morgan fingerprint density at radius 1 is 0.867 bits per heavy atom. The number of nitrogens with zero attached hydrogens (tertiary/aromatic N) is 3. The van der Waals surface area contributed by atoms with E-state index in [1.54, 1.807) is 31.3 Å². The van der Waals surface area contributed by atoms with Crippen LogP contribution in [0.4, 0.5) is 29.2 Å². The standard InChI is InChI=1S/C21H26N6O3/c1-13-8-14(2)10-16(9-13)24-21-26-19(22-3)25-20(27-21)23-15-4-6-18(7-5-15)30-12-17(29)11-28/h4-10,17,28-29H,11-12H2,1-3H3,(H3,22,23,24,25,26,27). The monoisotopic (exact) mass is 410 g/mol. The summed E-state index contributed by atoms with van der Waals surface area (Å²) in [6.45, 7) is 3.76. The molecule has 3 rings (SSSR count). The van der Waals surface area contributed by atoms with Gasteiger partial charge in [0.05, 0.1) is 6.61 Å². The van der Waals surface area contributed by atoms with Crippen molar-refractivity contribution in [3.8, 4) is 5.75 Å². The van der Waals surface area contributed by atoms with Gasteiger partial charge in [-0.2, -0.15) is 15.0 Å². The third-order valence-corrected chi connectivity index (χ3v) is 4.10. The molecule has 0 aliphatic rings. The Morgan fingerprint density at radius 3 is 2.00 bits per heavy atom. The summed E-state index contributed by atoms with van der Waals surface area (Å²) in [5, 5.41) is 27.5. The molecular formula is C21H26N6O3. The van der Waals surface area contributed by atoms with Crippen molar-refractivity contribution in [3.63, 3.8) is 0 Å². The Morgan fingerprint density at radius 2 is 1.43 bits per heavy atom. The Kier molecular flexibility index (Phi) is 6.99. The molecule has 158 valence electrons. The van der Waals surface area contributed by atoms with E-state index in [-0.39, 0.29) is 13.2 Å². The number of aliphatic hydroxyl groups excluding tert-OH is 2. The number of nitrogens with one attached hydrogen (secondary N) is 3. The number of aromatic nitrogens is 3. The van der Waals surface area contributed by atoms with Crippen molar-refractivity contribution < 1.29 is 14.9 Å². The van der Waals surface area contributed by atoms with Crippen LogP contribution >= 0.6 is 0 Å². The summed E-state index contributed by atoms with van der Waals surface area (Å²) < 4.78 is 5.41. The van der Waals surface area contributed by atoms with E-state index in [1.807, 2.05) is 26.0 Å². The molecule has 0 radical (unpaired) electrons. The molecule has 5 N–H and O–H groups in total. The fourth-order valence-corrected chi connectivity index (χ4v) is 2.78. The van der Waals surface area contributed by atoms with Crippen LogP contribution in [0.2, 0.25) is 0 Å². The van der Waals surface area contributed by atoms with Gasteiger partial charge in [-0.3, -0.25) is 0 Å². The molecule has 1 heterocycles. The van der Waals surface area contributed by atoms with Gasteiger partial charge < -0.3 is 30.9 Å². The van der Waals surface area contributed by atoms with Crippen LogP contribution in [0.25, 0.3) is 0 Å². The van der Waals surface area contributed by atoms with E-state index < -0.39 is 6.10 Å². The van der Waals surface area contributed by atoms with Gasteiger partial charge in [-0.15, -0.1) is 0 Å². The number of aryl methyl sites for hydroxylation is 2. The van der Waals surface area contributed by atoms with E-state index in [0.29, 0.717) is 23.6 Å². The van der Waals surface area contributed by atoms with Gasteiger partial charge >= 0.3 is 0 Å². The first kappa shape index (κ1) is 21.3. The van der Waals surface area contributed by atoms with Gasteiger partial charge in [0, 0.05) is 18.4 Å². The highest BCUT2D eigenvalue weighted by Crippen LogP contribution is 2.22. The zero-order valence-electron chi connectivity index (χ0n) is 17.2. The van der Waals surface area contributed by atoms with Crippen molar-refractivity contribution in [1.82, 2.24) is 15.0 Å². The number of anilines is 5. The smallest absolute Gasteiger partial charge is 0.233 e. The molecule has 1 aromatic heterocycles. The fourth-order valence-electron chi connectivity index (χ4n) is 2.78. The lowest BCUT2D eigenvalue weighted by Crippen LogP contribution is -2.21. The molecular weight excluding hydrogens is 384 g/mol. The molecule has 3 aromatic rings. The van der Waals surface area contributed by atoms with Crippen molar-refractivity contribution in [2.45, 2.75) is 20.0 Å². The minimum Gasteiger partial charge on any atom is -0.491 e. The summed E-state index contributed by atoms with van der Waals surface area (Å²) in [5.74, 6) is 1.81. The van der Waals surface area contributed by atoms with Gasteiger partial charge in [-0.1, -0.05) is 6.07 Å². The molecule has 9 heteroatoms. The Hall–Kier alpha value is -3.43. The van der Waals surface area contributed by atoms with Crippen molar-refractivity contribution in [3.05, 3.63) is 53.6 Å². The molecule has 1 atom stereocenters. The molecule has 9 nitrogen and oxygen atoms in total. The van der Waals surface area contributed by atoms with Crippen LogP contribution in [0.1, 0.15) is 11.1 Å². The van der Waals surface area contributed by atoms with Crippen LogP contribution in [0.15, 0.2) is 42.5 Å². The van der Waals surface area contributed by atoms with Crippen molar-refractivity contribution >= 4 is 29.2 Å². The number of rotatable bonds is 9. The van der Waals surface area contributed by atoms with Gasteiger partial charge in [0.1, 0.15) is 18.5 Å². The summed E-state index contributed by atoms with van der Waals surface area (Å²) in [6.07, 6.45) is -0.906. The van der Waals surface area contributed by atoms with Gasteiger partial charge in [0.25, 0.3) is 0 Å². The Balaban J connectivity index is 1.73. The van der Waals surface area contributed by atoms with E-state index in [2.05, 4.69) is 37.0 Å². The highest BCUT2D eigenvalue weighted by molar-refractivity contribution is 5.60. The van der Waals surface area contributed by atoms with Crippen LogP contribution in [-0.4, -0.2) is 51.5 Å². The summed E-state index contributed by atoms with van der Waals surface area (Å²) in [5.41, 5.74) is 3.95. The third kappa shape index (κ3) is 6.03. The molecule has 0 fully saturated rings. The zero-order valence-corrected chi connectivity index (χ0v) is 17.2. The predicted molar refractivity (Wildman–Crippen MR) is 117 cm³/mol. The molecule has 0 saturated carbocycles. The third-order valence-electron chi connectivity index (χ3n) is 4.10. The number of ether oxygens (including phenoxy) is 1. The number of aliphatic hydroxyl groups is 2. The summed E-state index contributed by atoms with van der Waals surface area (Å²) in [4.78, 5) is 13.2. The van der Waals surface area contributed by atoms with Gasteiger partial charge in [0.15, 0.2) is 0 Å². The first-order valence-corrected chi connectivity index (χ1v) is 9.53. The maximum atomic E-state index is 9.36. The topological polar surface area (TPSA) is 124 Å². The maximum Gasteiger partial charge on any atom is 0.233 e. The first-order valence-electron chi connectivity index (χ1n) is 9.53. The SMILES string of the molecule is CNc1nc(Nc2ccc(OCC(O)CO)cc2)nc(Nc2cc(C)cc(C)c2)n1. The van der Waals surface area contributed by atoms with E-state index in [4.69, 9.17) is 9.84 Å². The molecule has 1 unspecified atom stereocenters. The van der Waals surface area contributed by atoms with Gasteiger partial charge in [-0.25, -0.2) is 0 Å². The van der Waals surface area contributed by atoms with Crippen LogP contribution < -0.4 is 20.7 Å². The second-order valence-electron chi connectivity index (χ2n) is 6.85. The molecule has 0 aliphatic carbocycles. The highest BCUT2D eigenvalue weighted by atomic mass is 16.5. The minimum atomic E-state index is -0.906. The molecule has 0 aliphatic heterocycles. The summed E-state index contributed by atoms with van der Waals surface area (Å²) in [6, 6.07) is 13.3. The van der Waals surface area contributed by atoms with Crippen molar-refractivity contribution in [1.29, 1.82) is 0 Å². The van der Waals surface area contributed by atoms with Crippen LogP contribution in [0.3, 0.4) is 0 Å². The minimum absolute atomic E-state index is 0.0235. The lowest BCUT2D eigenvalue weighted by molar-refractivity contribution is 0.0536. The van der Waals surface area contributed by atoms with Crippen molar-refractivity contribution in [2.24, 2.45) is 0 Å². The van der Waals surface area contributed by atoms with Crippen molar-refractivity contribution in [2.75, 3.05) is 36.2 Å². The van der Waals surface area contributed by atoms with Crippen LogP contribution in [-0.2, 0) is 0 Å². The number of hydrogen-bond donors (Lipinski definition) is 5. The van der Waals surface area contributed by atoms with Gasteiger partial charge in [-0.05, 0) is 61.4 Å². The summed E-state index contributed by atoms with van der Waals surface area (Å²) >= 11 is 0. The number of hydrogen-bond acceptors (Lipinski definition) is 9. The zero-order chi connectivity index (χ0) is 21.5. The van der Waals surface area contributed by atoms with Gasteiger partial charge in [0.2, 0.25) is 17.8 Å². The van der Waals surface area contributed by atoms with Crippen LogP contribution in [0.5, 0.6) is 5.75 Å². The highest BCUT2D eigenvalue weighted by Gasteiger charge is 2.08. The molecule has 0 bridgehead atoms. The Bertz CT molecular complexity index is 961. The van der Waals surface area contributed by atoms with E-state index in [0.717, 1.165) is 22.5 Å². The van der Waals surface area contributed by atoms with E-state index in [9.17, 15) is 5.11 Å². The first-order chi connectivity index (χ1) is 14.4. The predicted octanol–water partition coefficient (Wildman–Crippen LogP) is 2.75. The van der Waals surface area contributed by atoms with E-state index in [1.165, 1.54) is 0 Å². The quantitative estimate of drug-likeness (QED) is 0.362. The molecule has 2 aromatic carbocycles. The lowest BCUT2D eigenvalue weighted by atomic mass is 10.1. The molecule has 0 saturated heterocycles. The molecule has 0 amide bonds. The largest absolute Gasteiger partial charge is 0.491 e. The lowest BCUT2D eigenvalue weighted by Gasteiger charge is -2.12. The molecule has 30 heavy (non-hydrogen) atoms. The van der Waals surface area contributed by atoms with E-state index >= 15 is 0 Å². The molecule has 0 spiro atoms. The fraction of sp³-hybridized carbons (Fsp3) is 0.286. The Labute approximate surface area is 175 Å². The second kappa shape index (κ2) is 9.86. The number of benzene rings is 2. The average molecular weight is 410 g/mol. The normalized spacial score (nSPS) is 11.6. The second-order valence-corrected chi connectivity index (χ2v) is 6.85.